The van der Waals surface area contributed by atoms with Gasteiger partial charge >= 0.3 is 5.69 Å². The van der Waals surface area contributed by atoms with Gasteiger partial charge in [0, 0.05) is 18.8 Å². The van der Waals surface area contributed by atoms with Crippen molar-refractivity contribution in [1.82, 2.24) is 24.4 Å². The molecule has 1 fully saturated rings. The van der Waals surface area contributed by atoms with Gasteiger partial charge in [-0.15, -0.1) is 0 Å². The first-order valence-corrected chi connectivity index (χ1v) is 12.5. The van der Waals surface area contributed by atoms with Crippen molar-refractivity contribution < 1.29 is 9.18 Å². The summed E-state index contributed by atoms with van der Waals surface area (Å²) in [6, 6.07) is 12.2. The molecule has 1 aliphatic carbocycles. The Morgan fingerprint density at radius 3 is 2.53 bits per heavy atom. The van der Waals surface area contributed by atoms with Gasteiger partial charge in [0.05, 0.1) is 38.7 Å². The zero-order valence-corrected chi connectivity index (χ0v) is 20.9. The van der Waals surface area contributed by atoms with Crippen LogP contribution in [0.4, 0.5) is 4.39 Å². The van der Waals surface area contributed by atoms with E-state index in [-0.39, 0.29) is 17.6 Å². The Morgan fingerprint density at radius 1 is 1.08 bits per heavy atom. The van der Waals surface area contributed by atoms with Gasteiger partial charge in [0.1, 0.15) is 0 Å². The summed E-state index contributed by atoms with van der Waals surface area (Å²) in [4.78, 5) is 34.4. The Labute approximate surface area is 213 Å². The molecule has 1 aromatic carbocycles. The van der Waals surface area contributed by atoms with E-state index in [0.29, 0.717) is 40.1 Å². The van der Waals surface area contributed by atoms with Gasteiger partial charge in [-0.05, 0) is 75.8 Å². The molecule has 7 nitrogen and oxygen atoms in total. The third kappa shape index (κ3) is 4.65. The first-order valence-electron chi connectivity index (χ1n) is 12.1. The molecule has 0 unspecified atom stereocenters. The highest BCUT2D eigenvalue weighted by Crippen LogP contribution is 2.28. The fourth-order valence-electron chi connectivity index (χ4n) is 5.13. The van der Waals surface area contributed by atoms with Crippen LogP contribution in [-0.2, 0) is 6.54 Å². The van der Waals surface area contributed by atoms with E-state index in [2.05, 4.69) is 15.3 Å². The number of carbonyl (C=O) groups excluding carboxylic acids is 1. The smallest absolute Gasteiger partial charge is 0.333 e. The Hall–Kier alpha value is -3.52. The van der Waals surface area contributed by atoms with Crippen molar-refractivity contribution in [1.29, 1.82) is 0 Å². The minimum atomic E-state index is -0.571. The van der Waals surface area contributed by atoms with Crippen molar-refractivity contribution in [2.75, 3.05) is 0 Å². The topological polar surface area (TPSA) is 81.8 Å². The van der Waals surface area contributed by atoms with E-state index in [1.807, 2.05) is 28.8 Å². The lowest BCUT2D eigenvalue weighted by Crippen LogP contribution is -2.39. The fraction of sp³-hybridized carbons (Fsp3) is 0.333. The van der Waals surface area contributed by atoms with Crippen molar-refractivity contribution in [3.05, 3.63) is 87.1 Å². The molecular formula is C27H27ClFN5O2. The summed E-state index contributed by atoms with van der Waals surface area (Å²) in [5.74, 6) is -0.427. The molecule has 0 bridgehead atoms. The van der Waals surface area contributed by atoms with Crippen LogP contribution in [0.15, 0.2) is 53.5 Å². The number of hydrogen-bond acceptors (Lipinski definition) is 4. The summed E-state index contributed by atoms with van der Waals surface area (Å²) in [5, 5.41) is 3.55. The van der Waals surface area contributed by atoms with Gasteiger partial charge in [0.25, 0.3) is 5.91 Å². The molecule has 1 saturated carbocycles. The predicted molar refractivity (Wildman–Crippen MR) is 137 cm³/mol. The second-order valence-electron chi connectivity index (χ2n) is 9.43. The molecule has 5 rings (SSSR count). The number of aromatic nitrogens is 4. The molecule has 1 aliphatic rings. The minimum absolute atomic E-state index is 0.0677. The Balaban J connectivity index is 1.32. The Bertz CT molecular complexity index is 1500. The monoisotopic (exact) mass is 507 g/mol. The molecule has 1 amide bonds. The Morgan fingerprint density at radius 2 is 1.81 bits per heavy atom. The molecule has 3 heterocycles. The van der Waals surface area contributed by atoms with Gasteiger partial charge in [-0.2, -0.15) is 4.39 Å². The standard InChI is InChI=1S/C27H27ClFN5O2/c1-16-21(13-19(28)14-30-16)26(35)32-20-9-7-18(8-10-20)15-33-23-5-3-4-6-24(23)34(27(33)36)22-11-12-25(29)31-17(22)2/h3-6,11-14,18,20H,7-10,15H2,1-2H3,(H,32,35). The number of benzene rings is 1. The molecule has 3 aromatic heterocycles. The second-order valence-corrected chi connectivity index (χ2v) is 9.87. The largest absolute Gasteiger partial charge is 0.349 e. The SMILES string of the molecule is Cc1ncc(Cl)cc1C(=O)NC1CCC(Cn2c(=O)n(-c3ccc(F)nc3C)c3ccccc32)CC1. The third-order valence-electron chi connectivity index (χ3n) is 7.02. The van der Waals surface area contributed by atoms with Crippen molar-refractivity contribution in [2.45, 2.75) is 52.1 Å². The molecule has 36 heavy (non-hydrogen) atoms. The van der Waals surface area contributed by atoms with Crippen LogP contribution in [0, 0.1) is 25.7 Å². The van der Waals surface area contributed by atoms with E-state index >= 15 is 0 Å². The van der Waals surface area contributed by atoms with Gasteiger partial charge in [-0.1, -0.05) is 23.7 Å². The normalized spacial score (nSPS) is 17.9. The number of halogens is 2. The molecule has 0 radical (unpaired) electrons. The first kappa shape index (κ1) is 24.2. The van der Waals surface area contributed by atoms with Crippen molar-refractivity contribution in [2.24, 2.45) is 5.92 Å². The third-order valence-corrected chi connectivity index (χ3v) is 7.23. The summed E-state index contributed by atoms with van der Waals surface area (Å²) >= 11 is 6.02. The summed E-state index contributed by atoms with van der Waals surface area (Å²) in [7, 11) is 0. The quantitative estimate of drug-likeness (QED) is 0.386. The number of nitrogens with one attached hydrogen (secondary N) is 1. The number of aryl methyl sites for hydroxylation is 2. The van der Waals surface area contributed by atoms with E-state index in [9.17, 15) is 14.0 Å². The van der Waals surface area contributed by atoms with Crippen molar-refractivity contribution >= 4 is 28.5 Å². The van der Waals surface area contributed by atoms with Crippen LogP contribution in [0.25, 0.3) is 16.7 Å². The van der Waals surface area contributed by atoms with E-state index in [4.69, 9.17) is 11.6 Å². The lowest BCUT2D eigenvalue weighted by Gasteiger charge is -2.29. The summed E-state index contributed by atoms with van der Waals surface area (Å²) in [5.41, 5.74) is 3.63. The molecule has 9 heteroatoms. The summed E-state index contributed by atoms with van der Waals surface area (Å²) in [6.07, 6.45) is 4.98. The van der Waals surface area contributed by atoms with Crippen LogP contribution in [0.1, 0.15) is 47.4 Å². The molecule has 4 aromatic rings. The molecule has 0 spiro atoms. The lowest BCUT2D eigenvalue weighted by molar-refractivity contribution is 0.0919. The average molecular weight is 508 g/mol. The number of carbonyl (C=O) groups is 1. The maximum Gasteiger partial charge on any atom is 0.333 e. The fourth-order valence-corrected chi connectivity index (χ4v) is 5.28. The Kier molecular flexibility index (Phi) is 6.62. The summed E-state index contributed by atoms with van der Waals surface area (Å²) in [6.45, 7) is 4.07. The van der Waals surface area contributed by atoms with E-state index in [0.717, 1.165) is 36.7 Å². The molecular weight excluding hydrogens is 481 g/mol. The molecule has 186 valence electrons. The highest BCUT2D eigenvalue weighted by atomic mass is 35.5. The number of para-hydroxylation sites is 2. The average Bonchev–Trinajstić information content (AvgIpc) is 3.13. The maximum atomic E-state index is 13.6. The maximum absolute atomic E-state index is 13.6. The van der Waals surface area contributed by atoms with E-state index in [1.54, 1.807) is 30.5 Å². The van der Waals surface area contributed by atoms with E-state index < -0.39 is 5.95 Å². The van der Waals surface area contributed by atoms with Crippen molar-refractivity contribution in [3.63, 3.8) is 0 Å². The number of imidazole rings is 1. The number of fused-ring (bicyclic) bond motifs is 1. The lowest BCUT2D eigenvalue weighted by atomic mass is 9.85. The van der Waals surface area contributed by atoms with Gasteiger partial charge in [0.15, 0.2) is 0 Å². The zero-order chi connectivity index (χ0) is 25.4. The molecule has 0 saturated heterocycles. The van der Waals surface area contributed by atoms with Crippen LogP contribution in [-0.4, -0.2) is 31.1 Å². The number of nitrogens with zero attached hydrogens (tertiary/aromatic N) is 4. The van der Waals surface area contributed by atoms with Gasteiger partial charge in [-0.25, -0.2) is 9.78 Å². The highest BCUT2D eigenvalue weighted by Gasteiger charge is 2.26. The number of amides is 1. The second kappa shape index (κ2) is 9.85. The van der Waals surface area contributed by atoms with Gasteiger partial charge < -0.3 is 5.32 Å². The highest BCUT2D eigenvalue weighted by molar-refractivity contribution is 6.30. The van der Waals surface area contributed by atoms with Crippen LogP contribution in [0.3, 0.4) is 0 Å². The number of rotatable bonds is 5. The minimum Gasteiger partial charge on any atom is -0.349 e. The number of pyridine rings is 2. The first-order chi connectivity index (χ1) is 17.3. The van der Waals surface area contributed by atoms with Gasteiger partial charge in [-0.3, -0.25) is 18.9 Å². The predicted octanol–water partition coefficient (Wildman–Crippen LogP) is 4.98. The molecule has 0 atom stereocenters. The summed E-state index contributed by atoms with van der Waals surface area (Å²) < 4.78 is 17.0. The molecule has 0 aliphatic heterocycles. The molecule has 1 N–H and O–H groups in total. The van der Waals surface area contributed by atoms with Gasteiger partial charge in [0.2, 0.25) is 5.95 Å². The van der Waals surface area contributed by atoms with Crippen LogP contribution in [0.5, 0.6) is 0 Å². The van der Waals surface area contributed by atoms with Crippen LogP contribution < -0.4 is 11.0 Å². The van der Waals surface area contributed by atoms with Crippen LogP contribution >= 0.6 is 11.6 Å². The number of hydrogen-bond donors (Lipinski definition) is 1. The van der Waals surface area contributed by atoms with Crippen LogP contribution in [0.2, 0.25) is 5.02 Å². The van der Waals surface area contributed by atoms with Crippen molar-refractivity contribution in [3.8, 4) is 5.69 Å². The zero-order valence-electron chi connectivity index (χ0n) is 20.2. The van der Waals surface area contributed by atoms with E-state index in [1.165, 1.54) is 12.3 Å².